The van der Waals surface area contributed by atoms with Gasteiger partial charge in [0.1, 0.15) is 0 Å². The zero-order chi connectivity index (χ0) is 13.9. The number of fused-ring (bicyclic) bond motifs is 1. The first kappa shape index (κ1) is 13.2. The van der Waals surface area contributed by atoms with Crippen molar-refractivity contribution in [1.82, 2.24) is 9.88 Å². The van der Waals surface area contributed by atoms with Gasteiger partial charge < -0.3 is 14.6 Å². The Balaban J connectivity index is 1.77. The zero-order valence-electron chi connectivity index (χ0n) is 11.8. The maximum atomic E-state index is 11.2. The largest absolute Gasteiger partial charge is 0.469 e. The van der Waals surface area contributed by atoms with Gasteiger partial charge in [-0.1, -0.05) is 12.1 Å². The molecule has 1 saturated carbocycles. The molecule has 0 aliphatic heterocycles. The van der Waals surface area contributed by atoms with Crippen molar-refractivity contribution in [3.63, 3.8) is 0 Å². The number of rotatable bonds is 6. The Kier molecular flexibility index (Phi) is 3.74. The number of hydrogen-bond donors (Lipinski definition) is 1. The molecule has 1 aliphatic rings. The summed E-state index contributed by atoms with van der Waals surface area (Å²) in [6.45, 7) is 1.58. The number of aryl methyl sites for hydroxylation is 1. The van der Waals surface area contributed by atoms with Crippen LogP contribution in [0.3, 0.4) is 0 Å². The van der Waals surface area contributed by atoms with Crippen LogP contribution in [-0.2, 0) is 22.6 Å². The third kappa shape index (κ3) is 2.85. The molecule has 4 heteroatoms. The van der Waals surface area contributed by atoms with Gasteiger partial charge in [-0.3, -0.25) is 4.79 Å². The second-order valence-corrected chi connectivity index (χ2v) is 5.34. The summed E-state index contributed by atoms with van der Waals surface area (Å²) in [5.41, 5.74) is 2.51. The number of methoxy groups -OCH3 is 1. The van der Waals surface area contributed by atoms with Crippen LogP contribution in [0.25, 0.3) is 10.9 Å². The molecule has 1 aromatic carbocycles. The first-order valence-corrected chi connectivity index (χ1v) is 7.15. The molecule has 0 radical (unpaired) electrons. The highest BCUT2D eigenvalue weighted by atomic mass is 16.5. The van der Waals surface area contributed by atoms with Crippen LogP contribution in [0.1, 0.15) is 24.8 Å². The van der Waals surface area contributed by atoms with Crippen molar-refractivity contribution >= 4 is 16.9 Å². The van der Waals surface area contributed by atoms with E-state index in [1.165, 1.54) is 36.4 Å². The normalized spacial score (nSPS) is 14.7. The Labute approximate surface area is 118 Å². The van der Waals surface area contributed by atoms with Crippen molar-refractivity contribution < 1.29 is 9.53 Å². The van der Waals surface area contributed by atoms with Gasteiger partial charge in [-0.05, 0) is 30.5 Å². The molecule has 106 valence electrons. The van der Waals surface area contributed by atoms with Gasteiger partial charge in [-0.25, -0.2) is 0 Å². The average molecular weight is 272 g/mol. The van der Waals surface area contributed by atoms with Crippen LogP contribution in [0, 0.1) is 0 Å². The lowest BCUT2D eigenvalue weighted by Gasteiger charge is -2.07. The summed E-state index contributed by atoms with van der Waals surface area (Å²) < 4.78 is 6.81. The average Bonchev–Trinajstić information content (AvgIpc) is 3.21. The number of aromatic nitrogens is 1. The molecule has 1 aliphatic carbocycles. The Morgan fingerprint density at radius 2 is 2.25 bits per heavy atom. The van der Waals surface area contributed by atoms with Gasteiger partial charge in [0.05, 0.1) is 13.5 Å². The highest BCUT2D eigenvalue weighted by Gasteiger charge is 2.20. The lowest BCUT2D eigenvalue weighted by molar-refractivity contribution is -0.140. The van der Waals surface area contributed by atoms with Gasteiger partial charge in [0.2, 0.25) is 0 Å². The zero-order valence-corrected chi connectivity index (χ0v) is 11.8. The van der Waals surface area contributed by atoms with Crippen molar-refractivity contribution in [3.05, 3.63) is 36.0 Å². The van der Waals surface area contributed by atoms with E-state index < -0.39 is 0 Å². The van der Waals surface area contributed by atoms with Crippen LogP contribution >= 0.6 is 0 Å². The van der Waals surface area contributed by atoms with Crippen molar-refractivity contribution in [1.29, 1.82) is 0 Å². The van der Waals surface area contributed by atoms with E-state index in [4.69, 9.17) is 4.74 Å². The number of benzene rings is 1. The molecule has 1 aromatic heterocycles. The highest BCUT2D eigenvalue weighted by Crippen LogP contribution is 2.23. The molecule has 1 heterocycles. The second-order valence-electron chi connectivity index (χ2n) is 5.34. The molecule has 2 aromatic rings. The summed E-state index contributed by atoms with van der Waals surface area (Å²) >= 11 is 0. The molecule has 0 bridgehead atoms. The third-order valence-electron chi connectivity index (χ3n) is 3.85. The van der Waals surface area contributed by atoms with E-state index >= 15 is 0 Å². The van der Waals surface area contributed by atoms with Gasteiger partial charge in [0.15, 0.2) is 0 Å². The fourth-order valence-corrected chi connectivity index (χ4v) is 2.49. The number of carbonyl (C=O) groups excluding carboxylic acids is 1. The van der Waals surface area contributed by atoms with E-state index in [2.05, 4.69) is 34.1 Å². The molecule has 4 nitrogen and oxygen atoms in total. The number of carbonyl (C=O) groups is 1. The van der Waals surface area contributed by atoms with Gasteiger partial charge in [0.25, 0.3) is 0 Å². The monoisotopic (exact) mass is 272 g/mol. The molecule has 0 saturated heterocycles. The van der Waals surface area contributed by atoms with E-state index in [0.29, 0.717) is 19.0 Å². The Bertz CT molecular complexity index is 614. The molecule has 3 rings (SSSR count). The predicted octanol–water partition coefficient (Wildman–Crippen LogP) is 2.46. The van der Waals surface area contributed by atoms with Gasteiger partial charge >= 0.3 is 5.97 Å². The second kappa shape index (κ2) is 5.67. The maximum absolute atomic E-state index is 11.2. The molecular weight excluding hydrogens is 252 g/mol. The summed E-state index contributed by atoms with van der Waals surface area (Å²) in [4.78, 5) is 11.2. The van der Waals surface area contributed by atoms with Crippen molar-refractivity contribution in [2.45, 2.75) is 38.4 Å². The van der Waals surface area contributed by atoms with Crippen LogP contribution in [0.15, 0.2) is 30.5 Å². The Morgan fingerprint density at radius 1 is 1.40 bits per heavy atom. The van der Waals surface area contributed by atoms with E-state index in [-0.39, 0.29) is 5.97 Å². The third-order valence-corrected chi connectivity index (χ3v) is 3.85. The predicted molar refractivity (Wildman–Crippen MR) is 78.4 cm³/mol. The first-order valence-electron chi connectivity index (χ1n) is 7.15. The SMILES string of the molecule is COC(=O)CCn1ccc2c(CNC3CC3)cccc21. The van der Waals surface area contributed by atoms with Crippen molar-refractivity contribution in [2.75, 3.05) is 7.11 Å². The molecule has 1 fully saturated rings. The molecule has 1 N–H and O–H groups in total. The van der Waals surface area contributed by atoms with Crippen LogP contribution in [-0.4, -0.2) is 23.7 Å². The van der Waals surface area contributed by atoms with Gasteiger partial charge in [0, 0.05) is 36.2 Å². The maximum Gasteiger partial charge on any atom is 0.307 e. The quantitative estimate of drug-likeness (QED) is 0.821. The molecule has 0 spiro atoms. The fraction of sp³-hybridized carbons (Fsp3) is 0.438. The minimum Gasteiger partial charge on any atom is -0.469 e. The van der Waals surface area contributed by atoms with Crippen LogP contribution < -0.4 is 5.32 Å². The van der Waals surface area contributed by atoms with E-state index in [9.17, 15) is 4.79 Å². The fourth-order valence-electron chi connectivity index (χ4n) is 2.49. The minimum absolute atomic E-state index is 0.168. The van der Waals surface area contributed by atoms with Crippen molar-refractivity contribution in [2.24, 2.45) is 0 Å². The highest BCUT2D eigenvalue weighted by molar-refractivity contribution is 5.83. The molecule has 0 atom stereocenters. The lowest BCUT2D eigenvalue weighted by atomic mass is 10.1. The smallest absolute Gasteiger partial charge is 0.307 e. The topological polar surface area (TPSA) is 43.3 Å². The van der Waals surface area contributed by atoms with E-state index in [0.717, 1.165) is 6.54 Å². The van der Waals surface area contributed by atoms with Crippen molar-refractivity contribution in [3.8, 4) is 0 Å². The Morgan fingerprint density at radius 3 is 3.00 bits per heavy atom. The number of ether oxygens (including phenoxy) is 1. The lowest BCUT2D eigenvalue weighted by Crippen LogP contribution is -2.15. The van der Waals surface area contributed by atoms with Gasteiger partial charge in [-0.15, -0.1) is 0 Å². The molecule has 20 heavy (non-hydrogen) atoms. The van der Waals surface area contributed by atoms with E-state index in [1.54, 1.807) is 0 Å². The summed E-state index contributed by atoms with van der Waals surface area (Å²) in [5, 5.41) is 4.82. The van der Waals surface area contributed by atoms with Crippen LogP contribution in [0.5, 0.6) is 0 Å². The summed E-state index contributed by atoms with van der Waals surface area (Å²) in [6.07, 6.45) is 5.06. The first-order chi connectivity index (χ1) is 9.78. The molecular formula is C16H20N2O2. The Hall–Kier alpha value is -1.81. The molecule has 0 unspecified atom stereocenters. The van der Waals surface area contributed by atoms with E-state index in [1.807, 2.05) is 6.20 Å². The summed E-state index contributed by atoms with van der Waals surface area (Å²) in [5.74, 6) is -0.168. The van der Waals surface area contributed by atoms with Gasteiger partial charge in [-0.2, -0.15) is 0 Å². The summed E-state index contributed by atoms with van der Waals surface area (Å²) in [6, 6.07) is 9.21. The summed E-state index contributed by atoms with van der Waals surface area (Å²) in [7, 11) is 1.43. The standard InChI is InChI=1S/C16H20N2O2/c1-20-16(19)8-10-18-9-7-14-12(3-2-4-15(14)18)11-17-13-5-6-13/h2-4,7,9,13,17H,5-6,8,10-11H2,1H3. The van der Waals surface area contributed by atoms with Crippen LogP contribution in [0.4, 0.5) is 0 Å². The van der Waals surface area contributed by atoms with Crippen LogP contribution in [0.2, 0.25) is 0 Å². The number of esters is 1. The number of hydrogen-bond acceptors (Lipinski definition) is 3. The molecule has 0 amide bonds. The minimum atomic E-state index is -0.168. The number of nitrogens with one attached hydrogen (secondary N) is 1. The number of nitrogens with zero attached hydrogens (tertiary/aromatic N) is 1.